The topological polar surface area (TPSA) is 93.7 Å². The molecule has 0 spiro atoms. The van der Waals surface area contributed by atoms with E-state index in [0.29, 0.717) is 51.5 Å². The SMILES string of the molecule is O=C(N[C@@H]1CN(Cc2ccccc2)[C@@H](c2ccccc2)CN(CC2CC2)C1=O)N1CCC(n2cc(-c3ccccc3)[nH]c2=O)CC1. The smallest absolute Gasteiger partial charge is 0.326 e. The van der Waals surface area contributed by atoms with Crippen molar-refractivity contribution in [3.05, 3.63) is 119 Å². The maximum Gasteiger partial charge on any atom is 0.326 e. The van der Waals surface area contributed by atoms with Crippen LogP contribution in [0.4, 0.5) is 4.79 Å². The van der Waals surface area contributed by atoms with Crippen molar-refractivity contribution in [2.24, 2.45) is 5.92 Å². The number of hydrogen-bond acceptors (Lipinski definition) is 4. The fraction of sp³-hybridized carbons (Fsp3) is 0.378. The summed E-state index contributed by atoms with van der Waals surface area (Å²) in [5, 5.41) is 3.16. The molecule has 3 amide bonds. The first-order valence-electron chi connectivity index (χ1n) is 16.6. The first-order valence-corrected chi connectivity index (χ1v) is 16.6. The number of aromatic amines is 1. The fourth-order valence-corrected chi connectivity index (χ4v) is 6.98. The van der Waals surface area contributed by atoms with E-state index in [4.69, 9.17) is 0 Å². The first-order chi connectivity index (χ1) is 22.5. The summed E-state index contributed by atoms with van der Waals surface area (Å²) in [7, 11) is 0. The predicted molar refractivity (Wildman–Crippen MR) is 178 cm³/mol. The summed E-state index contributed by atoms with van der Waals surface area (Å²) in [5.74, 6) is 0.537. The monoisotopic (exact) mass is 618 g/mol. The summed E-state index contributed by atoms with van der Waals surface area (Å²) in [6.45, 7) is 3.47. The molecular weight excluding hydrogens is 576 g/mol. The van der Waals surface area contributed by atoms with Crippen LogP contribution in [0.3, 0.4) is 0 Å². The molecule has 9 nitrogen and oxygen atoms in total. The second kappa shape index (κ2) is 13.4. The number of imidazole rings is 1. The molecule has 238 valence electrons. The van der Waals surface area contributed by atoms with E-state index < -0.39 is 6.04 Å². The van der Waals surface area contributed by atoms with E-state index in [2.05, 4.69) is 51.6 Å². The lowest BCUT2D eigenvalue weighted by molar-refractivity contribution is -0.132. The summed E-state index contributed by atoms with van der Waals surface area (Å²) < 4.78 is 1.77. The van der Waals surface area contributed by atoms with Crippen molar-refractivity contribution in [2.45, 2.75) is 50.4 Å². The number of nitrogens with zero attached hydrogens (tertiary/aromatic N) is 4. The minimum Gasteiger partial charge on any atom is -0.339 e. The third kappa shape index (κ3) is 6.79. The molecule has 2 aliphatic heterocycles. The Morgan fingerprint density at radius 3 is 2.13 bits per heavy atom. The summed E-state index contributed by atoms with van der Waals surface area (Å²) in [6.07, 6.45) is 5.53. The van der Waals surface area contributed by atoms with Crippen molar-refractivity contribution < 1.29 is 9.59 Å². The quantitative estimate of drug-likeness (QED) is 0.289. The maximum absolute atomic E-state index is 14.1. The molecule has 1 saturated carbocycles. The number of urea groups is 1. The molecule has 3 heterocycles. The zero-order chi connectivity index (χ0) is 31.5. The van der Waals surface area contributed by atoms with Crippen molar-refractivity contribution in [1.82, 2.24) is 29.6 Å². The summed E-state index contributed by atoms with van der Waals surface area (Å²) >= 11 is 0. The van der Waals surface area contributed by atoms with Gasteiger partial charge in [0.2, 0.25) is 5.91 Å². The van der Waals surface area contributed by atoms with Crippen LogP contribution in [-0.4, -0.2) is 75.0 Å². The predicted octanol–water partition coefficient (Wildman–Crippen LogP) is 5.05. The van der Waals surface area contributed by atoms with E-state index in [1.54, 1.807) is 9.47 Å². The Kier molecular flexibility index (Phi) is 8.74. The Balaban J connectivity index is 1.07. The summed E-state index contributed by atoms with van der Waals surface area (Å²) in [4.78, 5) is 49.8. The molecular formula is C37H42N6O3. The Hall–Kier alpha value is -4.63. The third-order valence-electron chi connectivity index (χ3n) is 9.72. The van der Waals surface area contributed by atoms with Gasteiger partial charge < -0.3 is 20.1 Å². The highest BCUT2D eigenvalue weighted by Gasteiger charge is 2.40. The highest BCUT2D eigenvalue weighted by atomic mass is 16.2. The summed E-state index contributed by atoms with van der Waals surface area (Å²) in [6, 6.07) is 29.7. The zero-order valence-corrected chi connectivity index (χ0v) is 26.1. The van der Waals surface area contributed by atoms with E-state index in [1.165, 1.54) is 11.1 Å². The molecule has 46 heavy (non-hydrogen) atoms. The molecule has 0 radical (unpaired) electrons. The summed E-state index contributed by atoms with van der Waals surface area (Å²) in [5.41, 5.74) is 3.98. The van der Waals surface area contributed by atoms with E-state index in [-0.39, 0.29) is 29.7 Å². The van der Waals surface area contributed by atoms with Crippen molar-refractivity contribution in [3.8, 4) is 11.3 Å². The average Bonchev–Trinajstić information content (AvgIpc) is 3.86. The van der Waals surface area contributed by atoms with Crippen LogP contribution in [0.25, 0.3) is 11.3 Å². The molecule has 7 rings (SSSR count). The van der Waals surface area contributed by atoms with Gasteiger partial charge in [0.15, 0.2) is 0 Å². The largest absolute Gasteiger partial charge is 0.339 e. The molecule has 0 bridgehead atoms. The fourth-order valence-electron chi connectivity index (χ4n) is 6.98. The van der Waals surface area contributed by atoms with Gasteiger partial charge in [-0.05, 0) is 48.3 Å². The van der Waals surface area contributed by atoms with Crippen molar-refractivity contribution in [3.63, 3.8) is 0 Å². The van der Waals surface area contributed by atoms with Crippen molar-refractivity contribution in [1.29, 1.82) is 0 Å². The number of piperidine rings is 1. The number of aromatic nitrogens is 2. The van der Waals surface area contributed by atoms with Gasteiger partial charge in [-0.2, -0.15) is 0 Å². The Morgan fingerprint density at radius 1 is 0.804 bits per heavy atom. The average molecular weight is 619 g/mol. The van der Waals surface area contributed by atoms with Gasteiger partial charge in [0.25, 0.3) is 0 Å². The number of benzene rings is 3. The molecule has 4 aromatic rings. The number of rotatable bonds is 8. The first kappa shape index (κ1) is 30.0. The van der Waals surface area contributed by atoms with E-state index >= 15 is 0 Å². The molecule has 3 aromatic carbocycles. The lowest BCUT2D eigenvalue weighted by atomic mass is 10.0. The second-order valence-electron chi connectivity index (χ2n) is 13.0. The van der Waals surface area contributed by atoms with E-state index in [9.17, 15) is 14.4 Å². The molecule has 3 fully saturated rings. The number of carbonyl (C=O) groups excluding carboxylic acids is 2. The number of hydrogen-bond donors (Lipinski definition) is 2. The Bertz CT molecular complexity index is 1680. The Labute approximate surface area is 269 Å². The second-order valence-corrected chi connectivity index (χ2v) is 13.0. The molecule has 3 aliphatic rings. The van der Waals surface area contributed by atoms with Gasteiger partial charge in [0, 0.05) is 51.5 Å². The molecule has 1 aromatic heterocycles. The van der Waals surface area contributed by atoms with Crippen molar-refractivity contribution in [2.75, 3.05) is 32.7 Å². The van der Waals surface area contributed by atoms with Gasteiger partial charge in [0.05, 0.1) is 11.7 Å². The Morgan fingerprint density at radius 2 is 1.46 bits per heavy atom. The normalized spacial score (nSPS) is 21.3. The number of nitrogens with one attached hydrogen (secondary N) is 2. The van der Waals surface area contributed by atoms with Crippen LogP contribution < -0.4 is 11.0 Å². The van der Waals surface area contributed by atoms with Gasteiger partial charge in [-0.25, -0.2) is 9.59 Å². The standard InChI is InChI=1S/C37H42N6O3/c44-35-33(39-36(45)40-20-18-31(19-21-40)43-25-32(38-37(43)46)29-12-6-2-7-13-29)24-41(22-27-10-4-1-5-11-27)34(30-14-8-3-9-15-30)26-42(35)23-28-16-17-28/h1-15,25,28,31,33-34H,16-24,26H2,(H,38,46)(H,39,45)/t33-,34-/m1/s1. The number of H-pyrrole nitrogens is 1. The zero-order valence-electron chi connectivity index (χ0n) is 26.1. The highest BCUT2D eigenvalue weighted by Crippen LogP contribution is 2.33. The molecule has 9 heteroatoms. The van der Waals surface area contributed by atoms with Crippen LogP contribution in [0, 0.1) is 5.92 Å². The van der Waals surface area contributed by atoms with Gasteiger partial charge >= 0.3 is 11.7 Å². The highest BCUT2D eigenvalue weighted by molar-refractivity contribution is 5.87. The third-order valence-corrected chi connectivity index (χ3v) is 9.72. The minimum absolute atomic E-state index is 0.000977. The maximum atomic E-state index is 14.1. The molecule has 2 N–H and O–H groups in total. The van der Waals surface area contributed by atoms with Crippen LogP contribution in [0.15, 0.2) is 102 Å². The van der Waals surface area contributed by atoms with Gasteiger partial charge in [-0.3, -0.25) is 14.3 Å². The number of likely N-dealkylation sites (tertiary alicyclic amines) is 1. The minimum atomic E-state index is -0.651. The van der Waals surface area contributed by atoms with Gasteiger partial charge in [-0.1, -0.05) is 91.0 Å². The molecule has 0 unspecified atom stereocenters. The van der Waals surface area contributed by atoms with Crippen LogP contribution in [-0.2, 0) is 11.3 Å². The number of carbonyl (C=O) groups is 2. The molecule has 1 aliphatic carbocycles. The number of amides is 3. The van der Waals surface area contributed by atoms with Crippen LogP contribution >= 0.6 is 0 Å². The van der Waals surface area contributed by atoms with E-state index in [1.807, 2.05) is 65.7 Å². The van der Waals surface area contributed by atoms with Crippen LogP contribution in [0.1, 0.15) is 48.9 Å². The van der Waals surface area contributed by atoms with Crippen molar-refractivity contribution >= 4 is 11.9 Å². The molecule has 2 saturated heterocycles. The van der Waals surface area contributed by atoms with Crippen LogP contribution in [0.2, 0.25) is 0 Å². The molecule has 2 atom stereocenters. The van der Waals surface area contributed by atoms with Crippen LogP contribution in [0.5, 0.6) is 0 Å². The van der Waals surface area contributed by atoms with E-state index in [0.717, 1.165) is 30.6 Å². The van der Waals surface area contributed by atoms with Gasteiger partial charge in [0.1, 0.15) is 6.04 Å². The van der Waals surface area contributed by atoms with Gasteiger partial charge in [-0.15, -0.1) is 0 Å². The lowest BCUT2D eigenvalue weighted by Crippen LogP contribution is -2.55. The lowest BCUT2D eigenvalue weighted by Gasteiger charge is -2.34.